The molecule has 0 saturated carbocycles. The van der Waals surface area contributed by atoms with Crippen LogP contribution in [0.5, 0.6) is 11.5 Å². The topological polar surface area (TPSA) is 83.8 Å². The molecule has 0 amide bonds. The zero-order chi connectivity index (χ0) is 16.4. The largest absolute Gasteiger partial charge is 0.504 e. The van der Waals surface area contributed by atoms with Crippen LogP contribution in [0.2, 0.25) is 0 Å². The fourth-order valence-corrected chi connectivity index (χ4v) is 2.87. The predicted molar refractivity (Wildman–Crippen MR) is 75.9 cm³/mol. The molecule has 1 heterocycles. The number of fused-ring (bicyclic) bond motifs is 1. The Morgan fingerprint density at radius 2 is 2.00 bits per heavy atom. The number of carboxylic acids is 1. The molecule has 22 heavy (non-hydrogen) atoms. The Morgan fingerprint density at radius 3 is 2.59 bits per heavy atom. The number of carboxylic acid groups (broad SMARTS) is 1. The fourth-order valence-electron chi connectivity index (χ4n) is 1.85. The van der Waals surface area contributed by atoms with E-state index in [0.717, 1.165) is 11.3 Å². The number of aliphatic carboxylic acids is 1. The number of carbonyl (C=O) groups excluding carboxylic acids is 1. The second-order valence-electron chi connectivity index (χ2n) is 4.71. The summed E-state index contributed by atoms with van der Waals surface area (Å²) in [6, 6.07) is 3.93. The highest BCUT2D eigenvalue weighted by Crippen LogP contribution is 2.37. The third-order valence-electron chi connectivity index (χ3n) is 3.00. The van der Waals surface area contributed by atoms with Crippen molar-refractivity contribution in [3.05, 3.63) is 23.1 Å². The van der Waals surface area contributed by atoms with E-state index in [2.05, 4.69) is 4.74 Å². The average Bonchev–Trinajstić information content (AvgIpc) is 2.81. The molecular formula is C14H12F2O5S. The minimum Gasteiger partial charge on any atom is -0.504 e. The van der Waals surface area contributed by atoms with Crippen molar-refractivity contribution >= 4 is 33.2 Å². The molecule has 0 radical (unpaired) electrons. The highest BCUT2D eigenvalue weighted by atomic mass is 32.1. The van der Waals surface area contributed by atoms with Crippen LogP contribution in [0.15, 0.2) is 18.2 Å². The molecule has 2 rings (SSSR count). The summed E-state index contributed by atoms with van der Waals surface area (Å²) in [5.74, 6) is -3.07. The van der Waals surface area contributed by atoms with Crippen molar-refractivity contribution in [3.63, 3.8) is 0 Å². The maximum atomic E-state index is 12.2. The molecule has 8 heteroatoms. The number of phenolic OH excluding ortho intramolecular Hbond substituents is 1. The van der Waals surface area contributed by atoms with E-state index in [-0.39, 0.29) is 18.0 Å². The second kappa shape index (κ2) is 6.27. The van der Waals surface area contributed by atoms with Crippen molar-refractivity contribution in [1.82, 2.24) is 0 Å². The lowest BCUT2D eigenvalue weighted by atomic mass is 10.0. The van der Waals surface area contributed by atoms with Crippen molar-refractivity contribution in [1.29, 1.82) is 0 Å². The van der Waals surface area contributed by atoms with Crippen molar-refractivity contribution < 1.29 is 33.3 Å². The van der Waals surface area contributed by atoms with Gasteiger partial charge in [0.15, 0.2) is 17.3 Å². The van der Waals surface area contributed by atoms with Crippen LogP contribution in [0.4, 0.5) is 8.78 Å². The Kier molecular flexibility index (Phi) is 4.60. The van der Waals surface area contributed by atoms with Crippen LogP contribution in [0.3, 0.4) is 0 Å². The number of carbonyl (C=O) groups is 2. The summed E-state index contributed by atoms with van der Waals surface area (Å²) in [5, 5.41) is 18.9. The number of ether oxygens (including phenoxy) is 1. The van der Waals surface area contributed by atoms with Gasteiger partial charge in [-0.15, -0.1) is 11.3 Å². The first-order valence-corrected chi connectivity index (χ1v) is 7.07. The standard InChI is InChI=1S/C14H12F2O5S/c1-6(13(19)20)2-9(18)12-4-7-3-8(17)10(21-14(15)16)5-11(7)22-12/h3-6,14,17H,2H2,1H3,(H,19,20)/t6-/m1/s1. The number of hydrogen-bond donors (Lipinski definition) is 2. The van der Waals surface area contributed by atoms with Gasteiger partial charge in [-0.25, -0.2) is 0 Å². The van der Waals surface area contributed by atoms with Gasteiger partial charge in [-0.3, -0.25) is 9.59 Å². The quantitative estimate of drug-likeness (QED) is 0.792. The van der Waals surface area contributed by atoms with Crippen molar-refractivity contribution in [2.75, 3.05) is 0 Å². The van der Waals surface area contributed by atoms with Gasteiger partial charge in [-0.05, 0) is 17.5 Å². The molecular weight excluding hydrogens is 318 g/mol. The summed E-state index contributed by atoms with van der Waals surface area (Å²) in [7, 11) is 0. The number of benzene rings is 1. The van der Waals surface area contributed by atoms with Crippen LogP contribution >= 0.6 is 11.3 Å². The first-order valence-electron chi connectivity index (χ1n) is 6.25. The lowest BCUT2D eigenvalue weighted by Gasteiger charge is -2.06. The molecule has 2 aromatic rings. The normalized spacial score (nSPS) is 12.5. The van der Waals surface area contributed by atoms with Crippen LogP contribution in [0.25, 0.3) is 10.1 Å². The third kappa shape index (κ3) is 3.51. The lowest BCUT2D eigenvalue weighted by molar-refractivity contribution is -0.141. The summed E-state index contributed by atoms with van der Waals surface area (Å²) >= 11 is 1.03. The molecule has 0 spiro atoms. The van der Waals surface area contributed by atoms with Gasteiger partial charge in [0, 0.05) is 17.2 Å². The number of halogens is 2. The van der Waals surface area contributed by atoms with E-state index in [9.17, 15) is 23.5 Å². The predicted octanol–water partition coefficient (Wildman–Crippen LogP) is 3.50. The van der Waals surface area contributed by atoms with Gasteiger partial charge in [-0.2, -0.15) is 8.78 Å². The number of alkyl halides is 2. The molecule has 0 fully saturated rings. The van der Waals surface area contributed by atoms with E-state index in [0.29, 0.717) is 15.0 Å². The van der Waals surface area contributed by atoms with Gasteiger partial charge in [-0.1, -0.05) is 6.92 Å². The highest BCUT2D eigenvalue weighted by molar-refractivity contribution is 7.20. The zero-order valence-corrected chi connectivity index (χ0v) is 12.2. The van der Waals surface area contributed by atoms with Crippen LogP contribution in [0, 0.1) is 5.92 Å². The first-order chi connectivity index (χ1) is 10.3. The molecule has 118 valence electrons. The van der Waals surface area contributed by atoms with E-state index < -0.39 is 24.2 Å². The SMILES string of the molecule is C[C@H](CC(=O)c1cc2cc(O)c(OC(F)F)cc2s1)C(=O)O. The smallest absolute Gasteiger partial charge is 0.387 e. The van der Waals surface area contributed by atoms with Gasteiger partial charge in [0.25, 0.3) is 0 Å². The minimum absolute atomic E-state index is 0.158. The molecule has 0 aliphatic carbocycles. The number of hydrogen-bond acceptors (Lipinski definition) is 5. The van der Waals surface area contributed by atoms with Crippen molar-refractivity contribution in [3.8, 4) is 11.5 Å². The molecule has 0 aliphatic rings. The molecule has 0 unspecified atom stereocenters. The Balaban J connectivity index is 2.30. The van der Waals surface area contributed by atoms with E-state index in [4.69, 9.17) is 5.11 Å². The number of ketones is 1. The lowest BCUT2D eigenvalue weighted by Crippen LogP contribution is -2.13. The minimum atomic E-state index is -3.07. The van der Waals surface area contributed by atoms with Gasteiger partial charge >= 0.3 is 12.6 Å². The number of thiophene rings is 1. The molecule has 5 nitrogen and oxygen atoms in total. The van der Waals surface area contributed by atoms with Crippen molar-refractivity contribution in [2.45, 2.75) is 20.0 Å². The van der Waals surface area contributed by atoms with E-state index >= 15 is 0 Å². The summed E-state index contributed by atoms with van der Waals surface area (Å²) < 4.78 is 29.1. The van der Waals surface area contributed by atoms with Crippen LogP contribution < -0.4 is 4.74 Å². The monoisotopic (exact) mass is 330 g/mol. The number of Topliss-reactive ketones (excluding diaryl/α,β-unsaturated/α-hetero) is 1. The van der Waals surface area contributed by atoms with Crippen LogP contribution in [-0.2, 0) is 4.79 Å². The van der Waals surface area contributed by atoms with Gasteiger partial charge < -0.3 is 14.9 Å². The molecule has 0 saturated heterocycles. The Morgan fingerprint density at radius 1 is 1.32 bits per heavy atom. The van der Waals surface area contributed by atoms with E-state index in [1.54, 1.807) is 0 Å². The Hall–Kier alpha value is -2.22. The van der Waals surface area contributed by atoms with Crippen LogP contribution in [0.1, 0.15) is 23.0 Å². The van der Waals surface area contributed by atoms with Gasteiger partial charge in [0.2, 0.25) is 0 Å². The number of rotatable bonds is 6. The maximum absolute atomic E-state index is 12.2. The second-order valence-corrected chi connectivity index (χ2v) is 5.80. The summed E-state index contributed by atoms with van der Waals surface area (Å²) in [5.41, 5.74) is 0. The van der Waals surface area contributed by atoms with Gasteiger partial charge in [0.05, 0.1) is 10.8 Å². The summed E-state index contributed by atoms with van der Waals surface area (Å²) in [6.45, 7) is -1.64. The average molecular weight is 330 g/mol. The molecule has 1 aromatic carbocycles. The highest BCUT2D eigenvalue weighted by Gasteiger charge is 2.20. The molecule has 0 bridgehead atoms. The fraction of sp³-hybridized carbons (Fsp3) is 0.286. The first kappa shape index (κ1) is 16.2. The third-order valence-corrected chi connectivity index (χ3v) is 4.14. The number of aromatic hydroxyl groups is 1. The maximum Gasteiger partial charge on any atom is 0.387 e. The van der Waals surface area contributed by atoms with Crippen molar-refractivity contribution in [2.24, 2.45) is 5.92 Å². The van der Waals surface area contributed by atoms with E-state index in [1.165, 1.54) is 25.1 Å². The molecule has 0 aliphatic heterocycles. The summed E-state index contributed by atoms with van der Waals surface area (Å²) in [6.07, 6.45) is -0.158. The Labute approximate surface area is 127 Å². The molecule has 2 N–H and O–H groups in total. The number of phenols is 1. The van der Waals surface area contributed by atoms with Crippen LogP contribution in [-0.4, -0.2) is 28.6 Å². The summed E-state index contributed by atoms with van der Waals surface area (Å²) in [4.78, 5) is 23.1. The zero-order valence-electron chi connectivity index (χ0n) is 11.4. The molecule has 1 aromatic heterocycles. The van der Waals surface area contributed by atoms with Gasteiger partial charge in [0.1, 0.15) is 0 Å². The van der Waals surface area contributed by atoms with E-state index in [1.807, 2.05) is 0 Å². The Bertz CT molecular complexity index is 725. The molecule has 1 atom stereocenters.